The second-order valence-corrected chi connectivity index (χ2v) is 4.19. The molecule has 2 N–H and O–H groups in total. The van der Waals surface area contributed by atoms with Gasteiger partial charge in [0.05, 0.1) is 13.3 Å². The fourth-order valence-electron chi connectivity index (χ4n) is 1.86. The van der Waals surface area contributed by atoms with Gasteiger partial charge in [-0.25, -0.2) is 0 Å². The van der Waals surface area contributed by atoms with E-state index in [2.05, 4.69) is 18.1 Å². The third kappa shape index (κ3) is 1.86. The lowest BCUT2D eigenvalue weighted by Crippen LogP contribution is -1.98. The van der Waals surface area contributed by atoms with Gasteiger partial charge in [0.2, 0.25) is 0 Å². The molecule has 0 saturated heterocycles. The zero-order valence-electron chi connectivity index (χ0n) is 10.6. The average molecular weight is 231 g/mol. The molecule has 0 unspecified atom stereocenters. The Morgan fingerprint density at radius 1 is 1.29 bits per heavy atom. The number of rotatable bonds is 2. The van der Waals surface area contributed by atoms with Crippen LogP contribution in [0.3, 0.4) is 0 Å². The molecule has 0 aliphatic rings. The number of nitrogen functional groups attached to an aromatic ring is 1. The molecule has 0 radical (unpaired) electrons. The molecule has 17 heavy (non-hydrogen) atoms. The van der Waals surface area contributed by atoms with Crippen molar-refractivity contribution in [2.24, 2.45) is 7.05 Å². The Morgan fingerprint density at radius 2 is 2.00 bits per heavy atom. The Hall–Kier alpha value is -1.97. The van der Waals surface area contributed by atoms with Gasteiger partial charge in [-0.2, -0.15) is 5.10 Å². The first kappa shape index (κ1) is 11.5. The predicted octanol–water partition coefficient (Wildman–Crippen LogP) is 2.29. The number of nitrogens with two attached hydrogens (primary N) is 1. The van der Waals surface area contributed by atoms with Gasteiger partial charge < -0.3 is 10.5 Å². The Kier molecular flexibility index (Phi) is 2.79. The van der Waals surface area contributed by atoms with E-state index in [1.165, 1.54) is 5.56 Å². The molecule has 0 aliphatic carbocycles. The minimum atomic E-state index is 0.662. The quantitative estimate of drug-likeness (QED) is 0.862. The zero-order chi connectivity index (χ0) is 12.6. The molecule has 1 aromatic heterocycles. The lowest BCUT2D eigenvalue weighted by molar-refractivity contribution is 0.411. The number of hydrogen-bond acceptors (Lipinski definition) is 3. The van der Waals surface area contributed by atoms with E-state index in [0.29, 0.717) is 5.82 Å². The van der Waals surface area contributed by atoms with Crippen LogP contribution in [-0.4, -0.2) is 16.9 Å². The molecule has 1 heterocycles. The van der Waals surface area contributed by atoms with Crippen molar-refractivity contribution in [2.45, 2.75) is 13.8 Å². The molecule has 0 fully saturated rings. The van der Waals surface area contributed by atoms with Crippen LogP contribution in [0.2, 0.25) is 0 Å². The van der Waals surface area contributed by atoms with Crippen molar-refractivity contribution in [3.05, 3.63) is 29.5 Å². The minimum Gasteiger partial charge on any atom is -0.496 e. The largest absolute Gasteiger partial charge is 0.496 e. The number of aryl methyl sites for hydroxylation is 2. The van der Waals surface area contributed by atoms with Crippen molar-refractivity contribution in [1.29, 1.82) is 0 Å². The first-order chi connectivity index (χ1) is 8.04. The van der Waals surface area contributed by atoms with Crippen LogP contribution in [-0.2, 0) is 7.05 Å². The maximum atomic E-state index is 5.97. The van der Waals surface area contributed by atoms with E-state index in [1.54, 1.807) is 18.0 Å². The zero-order valence-corrected chi connectivity index (χ0v) is 10.6. The number of hydrogen-bond donors (Lipinski definition) is 1. The molecule has 0 aliphatic heterocycles. The Balaban J connectivity index is 2.61. The van der Waals surface area contributed by atoms with Crippen LogP contribution in [0.4, 0.5) is 5.82 Å². The Bertz CT molecular complexity index is 558. The maximum absolute atomic E-state index is 5.97. The summed E-state index contributed by atoms with van der Waals surface area (Å²) in [6, 6.07) is 4.10. The monoisotopic (exact) mass is 231 g/mol. The summed E-state index contributed by atoms with van der Waals surface area (Å²) in [5, 5.41) is 4.15. The van der Waals surface area contributed by atoms with Gasteiger partial charge in [-0.05, 0) is 36.6 Å². The molecule has 0 amide bonds. The molecule has 90 valence electrons. The van der Waals surface area contributed by atoms with E-state index < -0.39 is 0 Å². The number of ether oxygens (including phenoxy) is 1. The fraction of sp³-hybridized carbons (Fsp3) is 0.308. The summed E-state index contributed by atoms with van der Waals surface area (Å²) in [6.45, 7) is 4.11. The number of aromatic nitrogens is 2. The van der Waals surface area contributed by atoms with Crippen LogP contribution in [0.15, 0.2) is 18.3 Å². The molecule has 4 heteroatoms. The second-order valence-electron chi connectivity index (χ2n) is 4.19. The van der Waals surface area contributed by atoms with Crippen LogP contribution in [0.5, 0.6) is 5.75 Å². The first-order valence-electron chi connectivity index (χ1n) is 5.47. The van der Waals surface area contributed by atoms with Gasteiger partial charge in [-0.15, -0.1) is 0 Å². The van der Waals surface area contributed by atoms with Crippen molar-refractivity contribution >= 4 is 5.82 Å². The topological polar surface area (TPSA) is 53.1 Å². The third-order valence-corrected chi connectivity index (χ3v) is 3.14. The van der Waals surface area contributed by atoms with E-state index in [9.17, 15) is 0 Å². The van der Waals surface area contributed by atoms with Gasteiger partial charge in [-0.1, -0.05) is 6.07 Å². The molecule has 0 bridgehead atoms. The van der Waals surface area contributed by atoms with Crippen molar-refractivity contribution in [1.82, 2.24) is 9.78 Å². The van der Waals surface area contributed by atoms with Gasteiger partial charge in [0.15, 0.2) is 0 Å². The van der Waals surface area contributed by atoms with Gasteiger partial charge in [0, 0.05) is 12.6 Å². The molecule has 2 aromatic rings. The highest BCUT2D eigenvalue weighted by molar-refractivity contribution is 5.75. The summed E-state index contributed by atoms with van der Waals surface area (Å²) in [6.07, 6.45) is 1.78. The lowest BCUT2D eigenvalue weighted by atomic mass is 10.0. The molecule has 4 nitrogen and oxygen atoms in total. The summed E-state index contributed by atoms with van der Waals surface area (Å²) in [7, 11) is 3.51. The highest BCUT2D eigenvalue weighted by Gasteiger charge is 2.11. The molecule has 0 saturated carbocycles. The summed E-state index contributed by atoms with van der Waals surface area (Å²) < 4.78 is 7.03. The van der Waals surface area contributed by atoms with Crippen LogP contribution in [0.1, 0.15) is 11.1 Å². The Labute approximate surface area is 101 Å². The summed E-state index contributed by atoms with van der Waals surface area (Å²) in [5.41, 5.74) is 10.3. The van der Waals surface area contributed by atoms with E-state index in [-0.39, 0.29) is 0 Å². The fourth-order valence-corrected chi connectivity index (χ4v) is 1.86. The van der Waals surface area contributed by atoms with Crippen LogP contribution in [0.25, 0.3) is 11.1 Å². The van der Waals surface area contributed by atoms with E-state index in [4.69, 9.17) is 10.5 Å². The lowest BCUT2D eigenvalue weighted by Gasteiger charge is -2.10. The molecule has 2 rings (SSSR count). The van der Waals surface area contributed by atoms with Crippen molar-refractivity contribution in [2.75, 3.05) is 12.8 Å². The Morgan fingerprint density at radius 3 is 2.53 bits per heavy atom. The predicted molar refractivity (Wildman–Crippen MR) is 69.1 cm³/mol. The van der Waals surface area contributed by atoms with Gasteiger partial charge >= 0.3 is 0 Å². The van der Waals surface area contributed by atoms with E-state index >= 15 is 0 Å². The number of methoxy groups -OCH3 is 1. The standard InChI is InChI=1S/C13H17N3O/c1-8-5-10(6-12(17-4)9(8)2)11-7-15-16(3)13(11)14/h5-7H,14H2,1-4H3. The molecular weight excluding hydrogens is 214 g/mol. The average Bonchev–Trinajstić information content (AvgIpc) is 2.64. The normalized spacial score (nSPS) is 10.6. The molecule has 1 aromatic carbocycles. The van der Waals surface area contributed by atoms with Crippen LogP contribution in [0, 0.1) is 13.8 Å². The van der Waals surface area contributed by atoms with E-state index in [1.807, 2.05) is 20.0 Å². The van der Waals surface area contributed by atoms with Crippen LogP contribution < -0.4 is 10.5 Å². The SMILES string of the molecule is COc1cc(-c2cnn(C)c2N)cc(C)c1C. The van der Waals surface area contributed by atoms with Crippen molar-refractivity contribution in [3.63, 3.8) is 0 Å². The third-order valence-electron chi connectivity index (χ3n) is 3.14. The number of nitrogens with zero attached hydrogens (tertiary/aromatic N) is 2. The molecule has 0 spiro atoms. The van der Waals surface area contributed by atoms with E-state index in [0.717, 1.165) is 22.4 Å². The highest BCUT2D eigenvalue weighted by atomic mass is 16.5. The highest BCUT2D eigenvalue weighted by Crippen LogP contribution is 2.32. The van der Waals surface area contributed by atoms with Crippen molar-refractivity contribution in [3.8, 4) is 16.9 Å². The molecular formula is C13H17N3O. The smallest absolute Gasteiger partial charge is 0.129 e. The van der Waals surface area contributed by atoms with Gasteiger partial charge in [0.25, 0.3) is 0 Å². The van der Waals surface area contributed by atoms with Gasteiger partial charge in [-0.3, -0.25) is 4.68 Å². The van der Waals surface area contributed by atoms with Crippen molar-refractivity contribution < 1.29 is 4.74 Å². The number of anilines is 1. The minimum absolute atomic E-state index is 0.662. The number of benzene rings is 1. The van der Waals surface area contributed by atoms with Crippen LogP contribution >= 0.6 is 0 Å². The summed E-state index contributed by atoms with van der Waals surface area (Å²) >= 11 is 0. The first-order valence-corrected chi connectivity index (χ1v) is 5.47. The summed E-state index contributed by atoms with van der Waals surface area (Å²) in [5.74, 6) is 1.54. The summed E-state index contributed by atoms with van der Waals surface area (Å²) in [4.78, 5) is 0. The van der Waals surface area contributed by atoms with Gasteiger partial charge in [0.1, 0.15) is 11.6 Å². The second kappa shape index (κ2) is 4.13. The maximum Gasteiger partial charge on any atom is 0.129 e. The molecule has 0 atom stereocenters.